The highest BCUT2D eigenvalue weighted by Crippen LogP contribution is 2.33. The molecule has 3 rings (SSSR count). The van der Waals surface area contributed by atoms with Crippen molar-refractivity contribution in [2.75, 3.05) is 0 Å². The summed E-state index contributed by atoms with van der Waals surface area (Å²) in [6.07, 6.45) is -1.72. The molecule has 8 heteroatoms. The lowest BCUT2D eigenvalue weighted by Gasteiger charge is -2.18. The van der Waals surface area contributed by atoms with Crippen LogP contribution < -0.4 is 0 Å². The summed E-state index contributed by atoms with van der Waals surface area (Å²) in [5.74, 6) is -0.979. The number of pyridine rings is 1. The van der Waals surface area contributed by atoms with Gasteiger partial charge in [0.2, 0.25) is 0 Å². The summed E-state index contributed by atoms with van der Waals surface area (Å²) in [6.45, 7) is 0. The van der Waals surface area contributed by atoms with Gasteiger partial charge in [-0.25, -0.2) is 4.39 Å². The summed E-state index contributed by atoms with van der Waals surface area (Å²) >= 11 is 1.37. The molecule has 0 aliphatic heterocycles. The van der Waals surface area contributed by atoms with E-state index < -0.39 is 34.9 Å². The number of nitrogens with one attached hydrogen (secondary N) is 1. The molecular weight excluding hydrogens is 392 g/mol. The van der Waals surface area contributed by atoms with Gasteiger partial charge in [-0.2, -0.15) is 24.5 Å². The van der Waals surface area contributed by atoms with Crippen molar-refractivity contribution in [1.29, 1.82) is 5.41 Å². The van der Waals surface area contributed by atoms with Crippen LogP contribution in [-0.4, -0.2) is 15.8 Å². The van der Waals surface area contributed by atoms with Gasteiger partial charge in [0.1, 0.15) is 11.9 Å². The lowest BCUT2D eigenvalue weighted by atomic mass is 9.92. The minimum absolute atomic E-state index is 0.0374. The Bertz CT molecular complexity index is 999. The Hall–Kier alpha value is -2.84. The molecule has 2 N–H and O–H groups in total. The number of aromatic nitrogens is 1. The van der Waals surface area contributed by atoms with Gasteiger partial charge in [-0.05, 0) is 52.7 Å². The Morgan fingerprint density at radius 3 is 2.61 bits per heavy atom. The lowest BCUT2D eigenvalue weighted by molar-refractivity contribution is -0.137. The molecule has 0 saturated carbocycles. The van der Waals surface area contributed by atoms with E-state index in [4.69, 9.17) is 5.41 Å². The highest BCUT2D eigenvalue weighted by molar-refractivity contribution is 7.08. The highest BCUT2D eigenvalue weighted by Gasteiger charge is 2.32. The summed E-state index contributed by atoms with van der Waals surface area (Å²) in [5, 5.41) is 22.6. The van der Waals surface area contributed by atoms with E-state index in [1.54, 1.807) is 29.0 Å². The van der Waals surface area contributed by atoms with Gasteiger partial charge in [0.05, 0.1) is 11.3 Å². The number of hydrogen-bond acceptors (Lipinski definition) is 4. The zero-order valence-corrected chi connectivity index (χ0v) is 15.1. The molecule has 3 nitrogen and oxygen atoms in total. The largest absolute Gasteiger partial charge is 0.416 e. The van der Waals surface area contributed by atoms with Gasteiger partial charge in [0.15, 0.2) is 0 Å². The lowest BCUT2D eigenvalue weighted by Crippen LogP contribution is -2.15. The van der Waals surface area contributed by atoms with Crippen molar-refractivity contribution in [2.24, 2.45) is 0 Å². The molecule has 0 aliphatic rings. The highest BCUT2D eigenvalue weighted by atomic mass is 32.1. The second-order valence-corrected chi connectivity index (χ2v) is 6.69. The number of halogens is 4. The molecule has 2 aromatic heterocycles. The quantitative estimate of drug-likeness (QED) is 0.435. The van der Waals surface area contributed by atoms with Crippen LogP contribution in [-0.2, 0) is 6.18 Å². The Labute approximate surface area is 162 Å². The fraction of sp³-hybridized carbons (Fsp3) is 0.100. The zero-order valence-electron chi connectivity index (χ0n) is 14.2. The monoisotopic (exact) mass is 406 g/mol. The molecule has 144 valence electrons. The number of aliphatic hydroxyl groups excluding tert-OH is 1. The van der Waals surface area contributed by atoms with E-state index in [9.17, 15) is 22.7 Å². The van der Waals surface area contributed by atoms with E-state index in [1.807, 2.05) is 0 Å². The van der Waals surface area contributed by atoms with Crippen molar-refractivity contribution in [3.8, 4) is 0 Å². The Morgan fingerprint density at radius 2 is 2.00 bits per heavy atom. The van der Waals surface area contributed by atoms with E-state index in [1.165, 1.54) is 29.8 Å². The first-order chi connectivity index (χ1) is 13.3. The van der Waals surface area contributed by atoms with E-state index >= 15 is 0 Å². The molecule has 0 fully saturated rings. The van der Waals surface area contributed by atoms with E-state index in [0.29, 0.717) is 29.3 Å². The third-order valence-corrected chi connectivity index (χ3v) is 4.71. The van der Waals surface area contributed by atoms with Crippen molar-refractivity contribution in [2.45, 2.75) is 12.3 Å². The fourth-order valence-electron chi connectivity index (χ4n) is 2.59. The first kappa shape index (κ1) is 19.9. The van der Waals surface area contributed by atoms with Gasteiger partial charge in [-0.3, -0.25) is 10.4 Å². The Morgan fingerprint density at radius 1 is 1.21 bits per heavy atom. The normalized spacial score (nSPS) is 13.4. The van der Waals surface area contributed by atoms with Gasteiger partial charge < -0.3 is 5.11 Å². The molecule has 28 heavy (non-hydrogen) atoms. The van der Waals surface area contributed by atoms with Crippen LogP contribution in [0.25, 0.3) is 6.08 Å². The van der Waals surface area contributed by atoms with Crippen LogP contribution in [0.1, 0.15) is 28.4 Å². The summed E-state index contributed by atoms with van der Waals surface area (Å²) in [7, 11) is 0. The topological polar surface area (TPSA) is 57.0 Å². The van der Waals surface area contributed by atoms with Crippen LogP contribution in [0.3, 0.4) is 0 Å². The molecule has 0 aliphatic carbocycles. The molecule has 1 atom stereocenters. The molecule has 3 aromatic rings. The summed E-state index contributed by atoms with van der Waals surface area (Å²) in [5.41, 5.74) is -1.21. The first-order valence-electron chi connectivity index (χ1n) is 8.05. The first-order valence-corrected chi connectivity index (χ1v) is 8.99. The van der Waals surface area contributed by atoms with E-state index in [-0.39, 0.29) is 5.57 Å². The van der Waals surface area contributed by atoms with Gasteiger partial charge in [0, 0.05) is 29.1 Å². The van der Waals surface area contributed by atoms with Crippen LogP contribution in [0, 0.1) is 11.2 Å². The molecular formula is C20H14F4N2OS. The van der Waals surface area contributed by atoms with Crippen molar-refractivity contribution in [3.05, 3.63) is 93.2 Å². The molecule has 0 spiro atoms. The predicted molar refractivity (Wildman–Crippen MR) is 99.7 cm³/mol. The predicted octanol–water partition coefficient (Wildman–Crippen LogP) is 5.49. The van der Waals surface area contributed by atoms with Crippen LogP contribution >= 0.6 is 11.3 Å². The standard InChI is InChI=1S/C20H14F4N2OS/c21-17-4-3-14(20(22,23)24)9-15(17)18(25)16(8-12-5-7-28-11-12)19(27)13-2-1-6-26-10-13/h1-11,19,25,27H. The molecule has 0 radical (unpaired) electrons. The molecule has 1 unspecified atom stereocenters. The van der Waals surface area contributed by atoms with Gasteiger partial charge >= 0.3 is 6.18 Å². The van der Waals surface area contributed by atoms with Crippen LogP contribution in [0.5, 0.6) is 0 Å². The average molecular weight is 406 g/mol. The number of nitrogens with zero attached hydrogens (tertiary/aromatic N) is 1. The summed E-state index contributed by atoms with van der Waals surface area (Å²) < 4.78 is 53.4. The third kappa shape index (κ3) is 4.35. The second kappa shape index (κ2) is 8.04. The van der Waals surface area contributed by atoms with Gasteiger partial charge in [-0.15, -0.1) is 0 Å². The van der Waals surface area contributed by atoms with Gasteiger partial charge in [-0.1, -0.05) is 6.07 Å². The van der Waals surface area contributed by atoms with Crippen LogP contribution in [0.4, 0.5) is 17.6 Å². The minimum atomic E-state index is -4.68. The van der Waals surface area contributed by atoms with Crippen molar-refractivity contribution >= 4 is 23.1 Å². The van der Waals surface area contributed by atoms with E-state index in [0.717, 1.165) is 0 Å². The number of rotatable bonds is 5. The van der Waals surface area contributed by atoms with Crippen molar-refractivity contribution < 1.29 is 22.7 Å². The van der Waals surface area contributed by atoms with Crippen molar-refractivity contribution in [3.63, 3.8) is 0 Å². The maximum atomic E-state index is 14.3. The van der Waals surface area contributed by atoms with Crippen LogP contribution in [0.2, 0.25) is 0 Å². The Kier molecular flexibility index (Phi) is 5.71. The molecule has 2 heterocycles. The van der Waals surface area contributed by atoms with Crippen molar-refractivity contribution in [1.82, 2.24) is 4.98 Å². The summed E-state index contributed by atoms with van der Waals surface area (Å²) in [4.78, 5) is 3.90. The maximum Gasteiger partial charge on any atom is 0.416 e. The maximum absolute atomic E-state index is 14.3. The average Bonchev–Trinajstić information content (AvgIpc) is 3.18. The zero-order chi connectivity index (χ0) is 20.3. The minimum Gasteiger partial charge on any atom is -0.384 e. The smallest absolute Gasteiger partial charge is 0.384 e. The summed E-state index contributed by atoms with van der Waals surface area (Å²) in [6, 6.07) is 6.73. The number of aliphatic hydroxyl groups is 1. The number of benzene rings is 1. The molecule has 1 aromatic carbocycles. The number of alkyl halides is 3. The fourth-order valence-corrected chi connectivity index (χ4v) is 3.21. The van der Waals surface area contributed by atoms with Crippen LogP contribution in [0.15, 0.2) is 65.1 Å². The number of hydrogen-bond donors (Lipinski definition) is 2. The molecule has 0 amide bonds. The molecule has 0 bridgehead atoms. The van der Waals surface area contributed by atoms with E-state index in [2.05, 4.69) is 4.98 Å². The Balaban J connectivity index is 2.10. The SMILES string of the molecule is N=C(C(=Cc1ccsc1)C(O)c1cccnc1)c1cc(C(F)(F)F)ccc1F. The third-order valence-electron chi connectivity index (χ3n) is 4.01. The number of thiophene rings is 1. The second-order valence-electron chi connectivity index (χ2n) is 5.91. The molecule has 0 saturated heterocycles. The van der Waals surface area contributed by atoms with Gasteiger partial charge in [0.25, 0.3) is 0 Å².